The number of hydrogen-bond acceptors (Lipinski definition) is 2. The van der Waals surface area contributed by atoms with Crippen molar-refractivity contribution >= 4 is 5.91 Å². The summed E-state index contributed by atoms with van der Waals surface area (Å²) < 4.78 is 0. The number of nitrogens with one attached hydrogen (secondary N) is 1. The van der Waals surface area contributed by atoms with Crippen molar-refractivity contribution in [2.24, 2.45) is 29.6 Å². The van der Waals surface area contributed by atoms with Gasteiger partial charge in [-0.2, -0.15) is 0 Å². The summed E-state index contributed by atoms with van der Waals surface area (Å²) in [7, 11) is 0. The van der Waals surface area contributed by atoms with E-state index in [-0.39, 0.29) is 6.04 Å². The Labute approximate surface area is 122 Å². The van der Waals surface area contributed by atoms with Gasteiger partial charge in [0.05, 0.1) is 12.2 Å². The number of carbonyl (C=O) groups is 1. The Morgan fingerprint density at radius 2 is 1.90 bits per heavy atom. The van der Waals surface area contributed by atoms with E-state index in [0.717, 1.165) is 36.5 Å². The first-order valence-corrected chi connectivity index (χ1v) is 8.75. The molecule has 112 valence electrons. The Kier molecular flexibility index (Phi) is 2.93. The quantitative estimate of drug-likeness (QED) is 0.856. The standard InChI is InChI=1S/C17H28N2O/c1-4-9(3)15-17(20)19(12(5-2)18-15)16-13-10-6-7-11(8-10)14(13)16/h9-16,18H,4-8H2,1-3H3. The van der Waals surface area contributed by atoms with Crippen LogP contribution in [0.2, 0.25) is 0 Å². The highest BCUT2D eigenvalue weighted by atomic mass is 16.2. The van der Waals surface area contributed by atoms with Gasteiger partial charge in [-0.05, 0) is 55.3 Å². The minimum absolute atomic E-state index is 0.0731. The molecule has 7 atom stereocenters. The maximum absolute atomic E-state index is 12.9. The van der Waals surface area contributed by atoms with Crippen LogP contribution in [-0.4, -0.2) is 29.1 Å². The fourth-order valence-corrected chi connectivity index (χ4v) is 5.64. The largest absolute Gasteiger partial charge is 0.322 e. The molecule has 0 spiro atoms. The van der Waals surface area contributed by atoms with Gasteiger partial charge in [0.15, 0.2) is 0 Å². The second-order valence-electron chi connectivity index (χ2n) is 7.68. The zero-order valence-corrected chi connectivity index (χ0v) is 13.0. The number of nitrogens with zero attached hydrogens (tertiary/aromatic N) is 1. The summed E-state index contributed by atoms with van der Waals surface area (Å²) in [5, 5.41) is 3.63. The minimum atomic E-state index is 0.0731. The van der Waals surface area contributed by atoms with E-state index in [1.807, 2.05) is 0 Å². The lowest BCUT2D eigenvalue weighted by Crippen LogP contribution is -2.40. The lowest BCUT2D eigenvalue weighted by Gasteiger charge is -2.26. The van der Waals surface area contributed by atoms with Crippen LogP contribution in [0.5, 0.6) is 0 Å². The van der Waals surface area contributed by atoms with Crippen LogP contribution in [0, 0.1) is 29.6 Å². The number of fused-ring (bicyclic) bond motifs is 5. The van der Waals surface area contributed by atoms with E-state index < -0.39 is 0 Å². The van der Waals surface area contributed by atoms with E-state index >= 15 is 0 Å². The van der Waals surface area contributed by atoms with Crippen molar-refractivity contribution in [1.29, 1.82) is 0 Å². The highest BCUT2D eigenvalue weighted by molar-refractivity contribution is 5.85. The highest BCUT2D eigenvalue weighted by Crippen LogP contribution is 2.67. The number of hydrogen-bond donors (Lipinski definition) is 1. The molecule has 3 saturated carbocycles. The molecule has 0 radical (unpaired) electrons. The monoisotopic (exact) mass is 276 g/mol. The smallest absolute Gasteiger partial charge is 0.241 e. The van der Waals surface area contributed by atoms with Gasteiger partial charge < -0.3 is 4.90 Å². The summed E-state index contributed by atoms with van der Waals surface area (Å²) >= 11 is 0. The Morgan fingerprint density at radius 3 is 2.45 bits per heavy atom. The summed E-state index contributed by atoms with van der Waals surface area (Å²) in [5.74, 6) is 4.49. The maximum Gasteiger partial charge on any atom is 0.241 e. The minimum Gasteiger partial charge on any atom is -0.322 e. The summed E-state index contributed by atoms with van der Waals surface area (Å²) in [5.41, 5.74) is 0. The average molecular weight is 276 g/mol. The maximum atomic E-state index is 12.9. The molecule has 3 heteroatoms. The van der Waals surface area contributed by atoms with Crippen molar-refractivity contribution in [2.75, 3.05) is 0 Å². The van der Waals surface area contributed by atoms with E-state index in [9.17, 15) is 4.79 Å². The molecule has 2 bridgehead atoms. The highest BCUT2D eigenvalue weighted by Gasteiger charge is 2.69. The van der Waals surface area contributed by atoms with Crippen LogP contribution >= 0.6 is 0 Å². The third kappa shape index (κ3) is 1.59. The second-order valence-corrected chi connectivity index (χ2v) is 7.68. The lowest BCUT2D eigenvalue weighted by molar-refractivity contribution is -0.132. The van der Waals surface area contributed by atoms with Gasteiger partial charge in [-0.25, -0.2) is 0 Å². The average Bonchev–Trinajstić information content (AvgIpc) is 2.80. The summed E-state index contributed by atoms with van der Waals surface area (Å²) in [6.07, 6.45) is 6.76. The molecule has 20 heavy (non-hydrogen) atoms. The summed E-state index contributed by atoms with van der Waals surface area (Å²) in [4.78, 5) is 15.2. The molecule has 0 aromatic rings. The van der Waals surface area contributed by atoms with E-state index in [2.05, 4.69) is 31.0 Å². The van der Waals surface area contributed by atoms with Crippen molar-refractivity contribution in [1.82, 2.24) is 10.2 Å². The van der Waals surface area contributed by atoms with Gasteiger partial charge in [0.25, 0.3) is 0 Å². The Hall–Kier alpha value is -0.570. The van der Waals surface area contributed by atoms with E-state index in [4.69, 9.17) is 0 Å². The number of carbonyl (C=O) groups excluding carboxylic acids is 1. The van der Waals surface area contributed by atoms with Gasteiger partial charge >= 0.3 is 0 Å². The van der Waals surface area contributed by atoms with E-state index in [1.165, 1.54) is 19.3 Å². The van der Waals surface area contributed by atoms with Crippen molar-refractivity contribution in [3.63, 3.8) is 0 Å². The van der Waals surface area contributed by atoms with Crippen LogP contribution in [0.4, 0.5) is 0 Å². The summed E-state index contributed by atoms with van der Waals surface area (Å²) in [6, 6.07) is 0.671. The predicted molar refractivity (Wildman–Crippen MR) is 78.9 cm³/mol. The van der Waals surface area contributed by atoms with Crippen LogP contribution in [0.3, 0.4) is 0 Å². The molecular weight excluding hydrogens is 248 g/mol. The Bertz CT molecular complexity index is 407. The first-order valence-electron chi connectivity index (χ1n) is 8.75. The molecule has 3 aliphatic carbocycles. The lowest BCUT2D eigenvalue weighted by atomic mass is 9.99. The molecule has 0 aromatic heterocycles. The molecule has 1 aliphatic heterocycles. The SMILES string of the molecule is CCC(C)C1NC(CC)N(C2C3C4CCC(C4)C32)C1=O. The molecule has 4 fully saturated rings. The Balaban J connectivity index is 1.54. The molecule has 1 heterocycles. The fourth-order valence-electron chi connectivity index (χ4n) is 5.64. The van der Waals surface area contributed by atoms with Gasteiger partial charge in [0.1, 0.15) is 0 Å². The third-order valence-corrected chi connectivity index (χ3v) is 6.84. The topological polar surface area (TPSA) is 32.3 Å². The van der Waals surface area contributed by atoms with Gasteiger partial charge in [-0.3, -0.25) is 10.1 Å². The second kappa shape index (κ2) is 4.46. The van der Waals surface area contributed by atoms with Crippen molar-refractivity contribution in [3.8, 4) is 0 Å². The first-order chi connectivity index (χ1) is 9.67. The molecule has 3 nitrogen and oxygen atoms in total. The normalized spacial score (nSPS) is 50.6. The van der Waals surface area contributed by atoms with Crippen LogP contribution in [-0.2, 0) is 4.79 Å². The zero-order chi connectivity index (χ0) is 14.0. The van der Waals surface area contributed by atoms with E-state index in [0.29, 0.717) is 24.0 Å². The van der Waals surface area contributed by atoms with Crippen molar-refractivity contribution < 1.29 is 4.79 Å². The number of rotatable bonds is 4. The third-order valence-electron chi connectivity index (χ3n) is 6.84. The van der Waals surface area contributed by atoms with Gasteiger partial charge in [0.2, 0.25) is 5.91 Å². The summed E-state index contributed by atoms with van der Waals surface area (Å²) in [6.45, 7) is 6.61. The van der Waals surface area contributed by atoms with Crippen LogP contribution in [0.15, 0.2) is 0 Å². The molecule has 0 aromatic carbocycles. The van der Waals surface area contributed by atoms with Crippen molar-refractivity contribution in [3.05, 3.63) is 0 Å². The van der Waals surface area contributed by atoms with Crippen molar-refractivity contribution in [2.45, 2.75) is 71.1 Å². The van der Waals surface area contributed by atoms with E-state index in [1.54, 1.807) is 0 Å². The van der Waals surface area contributed by atoms with Gasteiger partial charge in [-0.15, -0.1) is 0 Å². The van der Waals surface area contributed by atoms with Crippen LogP contribution in [0.25, 0.3) is 0 Å². The number of amides is 1. The molecular formula is C17H28N2O. The van der Waals surface area contributed by atoms with Crippen LogP contribution < -0.4 is 5.32 Å². The molecule has 4 rings (SSSR count). The van der Waals surface area contributed by atoms with Crippen LogP contribution in [0.1, 0.15) is 52.9 Å². The first kappa shape index (κ1) is 13.1. The molecule has 1 amide bonds. The molecule has 4 aliphatic rings. The Morgan fingerprint density at radius 1 is 1.25 bits per heavy atom. The predicted octanol–water partition coefficient (Wildman–Crippen LogP) is 2.61. The zero-order valence-electron chi connectivity index (χ0n) is 13.0. The molecule has 1 N–H and O–H groups in total. The molecule has 1 saturated heterocycles. The van der Waals surface area contributed by atoms with Gasteiger partial charge in [0, 0.05) is 6.04 Å². The van der Waals surface area contributed by atoms with Gasteiger partial charge in [-0.1, -0.05) is 27.2 Å². The molecule has 7 unspecified atom stereocenters. The fraction of sp³-hybridized carbons (Fsp3) is 0.941.